The van der Waals surface area contributed by atoms with Gasteiger partial charge in [-0.15, -0.1) is 0 Å². The molecule has 2 heterocycles. The fourth-order valence-electron chi connectivity index (χ4n) is 4.23. The lowest BCUT2D eigenvalue weighted by molar-refractivity contribution is 0.109. The van der Waals surface area contributed by atoms with Crippen LogP contribution in [0, 0.1) is 11.8 Å². The number of rotatable bonds is 9. The largest absolute Gasteiger partial charge is 0.449 e. The maximum absolute atomic E-state index is 12.5. The highest BCUT2D eigenvalue weighted by atomic mass is 16.6. The third-order valence-corrected chi connectivity index (χ3v) is 5.14. The SMILES string of the molecule is CCOC(=O)N1[C@@H]([C@H]2N(C(=O)OCC)N2[C@@H](C)CC(C)C)N1[C@@H](C)CC(C)C. The molecule has 0 aliphatic carbocycles. The molecular weight excluding hydrogens is 360 g/mol. The molecule has 0 aromatic carbocycles. The molecule has 0 radical (unpaired) electrons. The molecule has 162 valence electrons. The summed E-state index contributed by atoms with van der Waals surface area (Å²) >= 11 is 0. The third kappa shape index (κ3) is 4.89. The Kier molecular flexibility index (Phi) is 7.56. The van der Waals surface area contributed by atoms with Crippen molar-refractivity contribution in [2.45, 2.75) is 92.6 Å². The van der Waals surface area contributed by atoms with Crippen LogP contribution in [0.1, 0.15) is 68.2 Å². The van der Waals surface area contributed by atoms with Crippen LogP contribution in [0.2, 0.25) is 0 Å². The van der Waals surface area contributed by atoms with Crippen molar-refractivity contribution >= 4 is 12.2 Å². The van der Waals surface area contributed by atoms with Crippen molar-refractivity contribution in [2.75, 3.05) is 13.2 Å². The average molecular weight is 399 g/mol. The van der Waals surface area contributed by atoms with Crippen molar-refractivity contribution in [3.8, 4) is 0 Å². The van der Waals surface area contributed by atoms with Crippen LogP contribution >= 0.6 is 0 Å². The first kappa shape index (κ1) is 22.7. The van der Waals surface area contributed by atoms with Gasteiger partial charge < -0.3 is 9.47 Å². The molecule has 0 saturated carbocycles. The van der Waals surface area contributed by atoms with E-state index in [1.165, 1.54) is 0 Å². The molecule has 0 spiro atoms. The number of carbonyl (C=O) groups is 2. The van der Waals surface area contributed by atoms with Gasteiger partial charge in [-0.05, 0) is 52.4 Å². The van der Waals surface area contributed by atoms with Crippen molar-refractivity contribution in [1.82, 2.24) is 20.0 Å². The molecule has 2 fully saturated rings. The molecule has 2 unspecified atom stereocenters. The molecule has 8 heteroatoms. The van der Waals surface area contributed by atoms with E-state index in [-0.39, 0.29) is 36.6 Å². The molecule has 0 aromatic heterocycles. The van der Waals surface area contributed by atoms with E-state index in [9.17, 15) is 9.59 Å². The van der Waals surface area contributed by atoms with Gasteiger partial charge in [-0.2, -0.15) is 10.0 Å². The van der Waals surface area contributed by atoms with E-state index in [1.54, 1.807) is 23.9 Å². The van der Waals surface area contributed by atoms with E-state index in [2.05, 4.69) is 51.6 Å². The van der Waals surface area contributed by atoms with Crippen LogP contribution in [0.4, 0.5) is 9.59 Å². The van der Waals surface area contributed by atoms with Crippen LogP contribution in [0.3, 0.4) is 0 Å². The van der Waals surface area contributed by atoms with Crippen LogP contribution < -0.4 is 0 Å². The Balaban J connectivity index is 2.20. The van der Waals surface area contributed by atoms with E-state index >= 15 is 0 Å². The molecule has 0 N–H and O–H groups in total. The first-order valence-electron chi connectivity index (χ1n) is 10.6. The lowest BCUT2D eigenvalue weighted by Crippen LogP contribution is -2.25. The number of hydrogen-bond donors (Lipinski definition) is 0. The van der Waals surface area contributed by atoms with Crippen molar-refractivity contribution in [1.29, 1.82) is 0 Å². The van der Waals surface area contributed by atoms with E-state index in [0.717, 1.165) is 12.8 Å². The van der Waals surface area contributed by atoms with E-state index < -0.39 is 0 Å². The average Bonchev–Trinajstić information content (AvgIpc) is 3.45. The first-order chi connectivity index (χ1) is 13.1. The summed E-state index contributed by atoms with van der Waals surface area (Å²) in [5.74, 6) is 1.02. The molecule has 2 aliphatic rings. The minimum Gasteiger partial charge on any atom is -0.449 e. The van der Waals surface area contributed by atoms with Gasteiger partial charge in [0.05, 0.1) is 13.2 Å². The smallest absolute Gasteiger partial charge is 0.426 e. The van der Waals surface area contributed by atoms with Crippen molar-refractivity contribution < 1.29 is 19.1 Å². The molecule has 6 atom stereocenters. The van der Waals surface area contributed by atoms with Gasteiger partial charge in [-0.3, -0.25) is 0 Å². The van der Waals surface area contributed by atoms with Gasteiger partial charge in [0.25, 0.3) is 0 Å². The van der Waals surface area contributed by atoms with Gasteiger partial charge >= 0.3 is 12.2 Å². The van der Waals surface area contributed by atoms with Crippen LogP contribution in [0.15, 0.2) is 0 Å². The Labute approximate surface area is 169 Å². The second-order valence-electron chi connectivity index (χ2n) is 8.63. The fraction of sp³-hybridized carbons (Fsp3) is 0.900. The van der Waals surface area contributed by atoms with Gasteiger partial charge in [0.15, 0.2) is 12.3 Å². The summed E-state index contributed by atoms with van der Waals surface area (Å²) in [6, 6.07) is 0.364. The number of ether oxygens (including phenoxy) is 2. The summed E-state index contributed by atoms with van der Waals surface area (Å²) in [6.07, 6.45) is 0.810. The van der Waals surface area contributed by atoms with Crippen molar-refractivity contribution in [3.05, 3.63) is 0 Å². The second-order valence-corrected chi connectivity index (χ2v) is 8.63. The standard InChI is InChI=1S/C20H38N4O4/c1-9-27-19(25)23-17(21(23)15(7)11-13(3)4)18-22(16(8)12-14(5)6)24(18)20(26)28-10-2/h13-18H,9-12H2,1-8H3/t15-,16-,17-,18+,21?,22?,23?,24?/m0/s1. The molecule has 2 aliphatic heterocycles. The zero-order chi connectivity index (χ0) is 21.2. The normalized spacial score (nSPS) is 28.4. The number of nitrogens with zero attached hydrogens (tertiary/aromatic N) is 4. The maximum Gasteiger partial charge on any atom is 0.426 e. The Bertz CT molecular complexity index is 508. The van der Waals surface area contributed by atoms with Gasteiger partial charge in [-0.25, -0.2) is 19.6 Å². The van der Waals surface area contributed by atoms with E-state index in [4.69, 9.17) is 9.47 Å². The zero-order valence-electron chi connectivity index (χ0n) is 18.7. The number of hydrogen-bond acceptors (Lipinski definition) is 6. The monoisotopic (exact) mass is 398 g/mol. The Morgan fingerprint density at radius 2 is 1.04 bits per heavy atom. The van der Waals surface area contributed by atoms with Crippen LogP contribution in [-0.4, -0.2) is 69.9 Å². The molecule has 2 saturated heterocycles. The van der Waals surface area contributed by atoms with Crippen LogP contribution in [0.5, 0.6) is 0 Å². The van der Waals surface area contributed by atoms with Crippen molar-refractivity contribution in [3.63, 3.8) is 0 Å². The zero-order valence-corrected chi connectivity index (χ0v) is 18.7. The highest BCUT2D eigenvalue weighted by molar-refractivity contribution is 5.73. The predicted octanol–water partition coefficient (Wildman–Crippen LogP) is 3.89. The van der Waals surface area contributed by atoms with Crippen LogP contribution in [-0.2, 0) is 9.47 Å². The molecule has 28 heavy (non-hydrogen) atoms. The summed E-state index contributed by atoms with van der Waals surface area (Å²) in [7, 11) is 0. The Morgan fingerprint density at radius 1 is 0.714 bits per heavy atom. The summed E-state index contributed by atoms with van der Waals surface area (Å²) in [6.45, 7) is 17.2. The first-order valence-corrected chi connectivity index (χ1v) is 10.6. The molecular formula is C20H38N4O4. The Morgan fingerprint density at radius 3 is 1.29 bits per heavy atom. The predicted molar refractivity (Wildman–Crippen MR) is 107 cm³/mol. The summed E-state index contributed by atoms with van der Waals surface area (Å²) < 4.78 is 10.5. The number of amides is 2. The summed E-state index contributed by atoms with van der Waals surface area (Å²) in [5, 5.41) is 7.43. The third-order valence-electron chi connectivity index (χ3n) is 5.14. The van der Waals surface area contributed by atoms with Crippen LogP contribution in [0.25, 0.3) is 0 Å². The Hall–Kier alpha value is -1.54. The van der Waals surface area contributed by atoms with Crippen molar-refractivity contribution in [2.24, 2.45) is 11.8 Å². The molecule has 2 amide bonds. The van der Waals surface area contributed by atoms with Gasteiger partial charge in [0.1, 0.15) is 0 Å². The van der Waals surface area contributed by atoms with Gasteiger partial charge in [0.2, 0.25) is 0 Å². The quantitative estimate of drug-likeness (QED) is 0.549. The van der Waals surface area contributed by atoms with Gasteiger partial charge in [-0.1, -0.05) is 27.7 Å². The molecule has 0 aromatic rings. The second kappa shape index (κ2) is 9.31. The van der Waals surface area contributed by atoms with E-state index in [1.807, 2.05) is 0 Å². The highest BCUT2D eigenvalue weighted by Crippen LogP contribution is 2.46. The molecule has 2 rings (SSSR count). The molecule has 8 nitrogen and oxygen atoms in total. The highest BCUT2D eigenvalue weighted by Gasteiger charge is 2.69. The minimum absolute atomic E-state index is 0.182. The topological polar surface area (TPSA) is 64.6 Å². The fourth-order valence-corrected chi connectivity index (χ4v) is 4.23. The molecule has 0 bridgehead atoms. The minimum atomic E-state index is -0.352. The number of hydrazine groups is 2. The summed E-state index contributed by atoms with van der Waals surface area (Å²) in [5.41, 5.74) is 0. The lowest BCUT2D eigenvalue weighted by Gasteiger charge is -2.15. The van der Waals surface area contributed by atoms with Gasteiger partial charge in [0, 0.05) is 12.1 Å². The maximum atomic E-state index is 12.5. The number of carbonyl (C=O) groups excluding carboxylic acids is 2. The van der Waals surface area contributed by atoms with E-state index in [0.29, 0.717) is 25.0 Å². The summed E-state index contributed by atoms with van der Waals surface area (Å²) in [4.78, 5) is 25.0. The lowest BCUT2D eigenvalue weighted by atomic mass is 10.0.